The van der Waals surface area contributed by atoms with E-state index in [4.69, 9.17) is 4.74 Å². The number of anilines is 2. The highest BCUT2D eigenvalue weighted by atomic mass is 19.1. The van der Waals surface area contributed by atoms with Gasteiger partial charge in [-0.25, -0.2) is 9.37 Å². The van der Waals surface area contributed by atoms with Gasteiger partial charge in [-0.3, -0.25) is 9.48 Å². The van der Waals surface area contributed by atoms with Crippen LogP contribution in [0.2, 0.25) is 0 Å². The zero-order chi connectivity index (χ0) is 21.4. The number of pyridine rings is 1. The molecular formula is C23H24FN5O2. The van der Waals surface area contributed by atoms with Gasteiger partial charge in [0.2, 0.25) is 0 Å². The van der Waals surface area contributed by atoms with Crippen molar-refractivity contribution < 1.29 is 13.9 Å². The Kier molecular flexibility index (Phi) is 4.94. The molecule has 1 aromatic carbocycles. The molecule has 2 fully saturated rings. The van der Waals surface area contributed by atoms with Gasteiger partial charge in [0.1, 0.15) is 5.82 Å². The monoisotopic (exact) mass is 421 g/mol. The van der Waals surface area contributed by atoms with E-state index in [0.29, 0.717) is 28.2 Å². The quantitative estimate of drug-likeness (QED) is 0.659. The molecule has 0 aliphatic carbocycles. The van der Waals surface area contributed by atoms with Gasteiger partial charge in [0, 0.05) is 43.2 Å². The molecule has 0 radical (unpaired) electrons. The highest BCUT2D eigenvalue weighted by Gasteiger charge is 2.50. The third-order valence-corrected chi connectivity index (χ3v) is 5.85. The maximum absolute atomic E-state index is 14.6. The Morgan fingerprint density at radius 1 is 1.23 bits per heavy atom. The lowest BCUT2D eigenvalue weighted by atomic mass is 9.78. The molecular weight excluding hydrogens is 397 g/mol. The minimum atomic E-state index is -0.349. The van der Waals surface area contributed by atoms with Gasteiger partial charge in [0.15, 0.2) is 5.82 Å². The fraction of sp³-hybridized carbons (Fsp3) is 0.348. The molecule has 160 valence electrons. The first-order valence-corrected chi connectivity index (χ1v) is 10.5. The van der Waals surface area contributed by atoms with Crippen LogP contribution < -0.4 is 10.2 Å². The number of carbonyl (C=O) groups is 1. The van der Waals surface area contributed by atoms with E-state index in [9.17, 15) is 9.18 Å². The number of ether oxygens (including phenoxy) is 1. The Bertz CT molecular complexity index is 1120. The number of aromatic nitrogens is 3. The number of aryl methyl sites for hydroxylation is 1. The van der Waals surface area contributed by atoms with Gasteiger partial charge in [0.05, 0.1) is 36.1 Å². The van der Waals surface area contributed by atoms with Crippen LogP contribution in [-0.4, -0.2) is 47.0 Å². The van der Waals surface area contributed by atoms with Crippen LogP contribution in [0.3, 0.4) is 0 Å². The van der Waals surface area contributed by atoms with Gasteiger partial charge in [-0.2, -0.15) is 5.10 Å². The van der Waals surface area contributed by atoms with E-state index in [-0.39, 0.29) is 17.1 Å². The summed E-state index contributed by atoms with van der Waals surface area (Å²) in [6, 6.07) is 8.29. The summed E-state index contributed by atoms with van der Waals surface area (Å²) in [6.45, 7) is 5.89. The standard InChI is InChI=1S/C23H24FN5O2/c1-2-9-29-11-16(10-26-29)22(30)27-20-18(17-5-3-4-6-19(17)24)7-8-25-21(20)28-12-23(13-28)14-31-15-23/h3-8,10-11H,2,9,12-15H2,1H3,(H,27,30). The van der Waals surface area contributed by atoms with Gasteiger partial charge in [-0.05, 0) is 18.6 Å². The van der Waals surface area contributed by atoms with E-state index in [1.54, 1.807) is 47.5 Å². The predicted molar refractivity (Wildman–Crippen MR) is 116 cm³/mol. The first kappa shape index (κ1) is 19.7. The second-order valence-electron chi connectivity index (χ2n) is 8.33. The molecule has 2 aliphatic rings. The molecule has 0 atom stereocenters. The van der Waals surface area contributed by atoms with Crippen LogP contribution in [0.25, 0.3) is 11.1 Å². The van der Waals surface area contributed by atoms with Crippen LogP contribution >= 0.6 is 0 Å². The van der Waals surface area contributed by atoms with Crippen LogP contribution in [0.5, 0.6) is 0 Å². The van der Waals surface area contributed by atoms with Crippen molar-refractivity contribution in [1.29, 1.82) is 0 Å². The summed E-state index contributed by atoms with van der Waals surface area (Å²) < 4.78 is 21.8. The molecule has 2 aliphatic heterocycles. The van der Waals surface area contributed by atoms with Gasteiger partial charge in [-0.15, -0.1) is 0 Å². The minimum absolute atomic E-state index is 0.179. The summed E-state index contributed by atoms with van der Waals surface area (Å²) in [5.41, 5.74) is 2.16. The first-order valence-electron chi connectivity index (χ1n) is 10.5. The third-order valence-electron chi connectivity index (χ3n) is 5.85. The summed E-state index contributed by atoms with van der Waals surface area (Å²) in [7, 11) is 0. The van der Waals surface area contributed by atoms with Crippen molar-refractivity contribution in [3.8, 4) is 11.1 Å². The lowest BCUT2D eigenvalue weighted by molar-refractivity contribution is -0.127. The molecule has 1 amide bonds. The molecule has 8 heteroatoms. The van der Waals surface area contributed by atoms with Crippen LogP contribution in [-0.2, 0) is 11.3 Å². The van der Waals surface area contributed by atoms with Crippen molar-refractivity contribution in [2.75, 3.05) is 36.5 Å². The van der Waals surface area contributed by atoms with Gasteiger partial charge in [-0.1, -0.05) is 25.1 Å². The molecule has 31 heavy (non-hydrogen) atoms. The number of rotatable bonds is 6. The molecule has 0 unspecified atom stereocenters. The number of carbonyl (C=O) groups excluding carboxylic acids is 1. The fourth-order valence-corrected chi connectivity index (χ4v) is 4.22. The van der Waals surface area contributed by atoms with E-state index in [0.717, 1.165) is 39.3 Å². The summed E-state index contributed by atoms with van der Waals surface area (Å²) in [4.78, 5) is 19.7. The Hall–Kier alpha value is -3.26. The lowest BCUT2D eigenvalue weighted by Gasteiger charge is -2.55. The van der Waals surface area contributed by atoms with Crippen LogP contribution in [0.1, 0.15) is 23.7 Å². The number of hydrogen-bond acceptors (Lipinski definition) is 5. The van der Waals surface area contributed by atoms with Crippen molar-refractivity contribution in [1.82, 2.24) is 14.8 Å². The maximum Gasteiger partial charge on any atom is 0.258 e. The van der Waals surface area contributed by atoms with Crippen LogP contribution in [0.15, 0.2) is 48.9 Å². The highest BCUT2D eigenvalue weighted by Crippen LogP contribution is 2.44. The molecule has 3 aromatic rings. The number of hydrogen-bond donors (Lipinski definition) is 1. The third kappa shape index (κ3) is 3.57. The Labute approximate surface area is 179 Å². The zero-order valence-electron chi connectivity index (χ0n) is 17.3. The van der Waals surface area contributed by atoms with E-state index in [1.807, 2.05) is 0 Å². The highest BCUT2D eigenvalue weighted by molar-refractivity contribution is 6.08. The van der Waals surface area contributed by atoms with E-state index in [2.05, 4.69) is 27.2 Å². The number of nitrogens with one attached hydrogen (secondary N) is 1. The number of amides is 1. The minimum Gasteiger partial charge on any atom is -0.380 e. The topological polar surface area (TPSA) is 72.3 Å². The second kappa shape index (κ2) is 7.77. The summed E-state index contributed by atoms with van der Waals surface area (Å²) in [5, 5.41) is 7.24. The van der Waals surface area contributed by atoms with Crippen LogP contribution in [0, 0.1) is 11.2 Å². The summed E-state index contributed by atoms with van der Waals surface area (Å²) >= 11 is 0. The average molecular weight is 421 g/mol. The smallest absolute Gasteiger partial charge is 0.258 e. The van der Waals surface area contributed by atoms with Crippen molar-refractivity contribution in [2.24, 2.45) is 5.41 Å². The first-order chi connectivity index (χ1) is 15.1. The number of benzene rings is 1. The van der Waals surface area contributed by atoms with Gasteiger partial charge in [0.25, 0.3) is 5.91 Å². The molecule has 2 saturated heterocycles. The van der Waals surface area contributed by atoms with Gasteiger partial charge >= 0.3 is 0 Å². The lowest BCUT2D eigenvalue weighted by Crippen LogP contribution is -2.66. The number of halogens is 1. The molecule has 4 heterocycles. The average Bonchev–Trinajstić information content (AvgIpc) is 3.16. The van der Waals surface area contributed by atoms with E-state index < -0.39 is 0 Å². The summed E-state index contributed by atoms with van der Waals surface area (Å²) in [5.74, 6) is 0.00220. The van der Waals surface area contributed by atoms with Crippen molar-refractivity contribution in [2.45, 2.75) is 19.9 Å². The normalized spacial score (nSPS) is 16.6. The zero-order valence-corrected chi connectivity index (χ0v) is 17.3. The molecule has 1 spiro atoms. The second-order valence-corrected chi connectivity index (χ2v) is 8.33. The SMILES string of the molecule is CCCn1cc(C(=O)Nc2c(-c3ccccc3F)ccnc2N2CC3(COC3)C2)cn1. The van der Waals surface area contributed by atoms with Crippen molar-refractivity contribution in [3.05, 3.63) is 60.3 Å². The van der Waals surface area contributed by atoms with Gasteiger partial charge < -0.3 is 15.0 Å². The summed E-state index contributed by atoms with van der Waals surface area (Å²) in [6.07, 6.45) is 5.86. The van der Waals surface area contributed by atoms with Crippen molar-refractivity contribution in [3.63, 3.8) is 0 Å². The maximum atomic E-state index is 14.6. The Balaban J connectivity index is 1.51. The molecule has 2 aromatic heterocycles. The molecule has 5 rings (SSSR count). The van der Waals surface area contributed by atoms with E-state index >= 15 is 0 Å². The molecule has 1 N–H and O–H groups in total. The molecule has 0 bridgehead atoms. The predicted octanol–water partition coefficient (Wildman–Crippen LogP) is 3.58. The Morgan fingerprint density at radius 2 is 2.03 bits per heavy atom. The largest absolute Gasteiger partial charge is 0.380 e. The van der Waals surface area contributed by atoms with Crippen molar-refractivity contribution >= 4 is 17.4 Å². The van der Waals surface area contributed by atoms with Crippen LogP contribution in [0.4, 0.5) is 15.9 Å². The Morgan fingerprint density at radius 3 is 2.74 bits per heavy atom. The van der Waals surface area contributed by atoms with E-state index in [1.165, 1.54) is 6.07 Å². The number of nitrogens with zero attached hydrogens (tertiary/aromatic N) is 4. The molecule has 7 nitrogen and oxygen atoms in total. The molecule has 0 saturated carbocycles. The fourth-order valence-electron chi connectivity index (χ4n) is 4.22.